The van der Waals surface area contributed by atoms with Crippen molar-refractivity contribution in [3.8, 4) is 0 Å². The average molecular weight is 346 g/mol. The highest BCUT2D eigenvalue weighted by Crippen LogP contribution is 2.57. The van der Waals surface area contributed by atoms with Crippen molar-refractivity contribution in [3.05, 3.63) is 28.2 Å². The van der Waals surface area contributed by atoms with E-state index in [9.17, 15) is 4.39 Å². The fraction of sp³-hybridized carbons (Fsp3) is 0.500. The molecule has 0 bridgehead atoms. The molecule has 1 aromatic heterocycles. The molecule has 1 fully saturated rings. The SMILES string of the molecule is CC(Cl)c1nc2cc(Br)c(F)cc2n1C1CC1(C)C. The van der Waals surface area contributed by atoms with Crippen molar-refractivity contribution in [2.45, 2.75) is 38.6 Å². The number of fused-ring (bicyclic) bond motifs is 1. The largest absolute Gasteiger partial charge is 0.323 e. The van der Waals surface area contributed by atoms with Crippen LogP contribution in [0.25, 0.3) is 11.0 Å². The summed E-state index contributed by atoms with van der Waals surface area (Å²) in [6.45, 7) is 6.32. The van der Waals surface area contributed by atoms with Gasteiger partial charge in [-0.05, 0) is 40.8 Å². The molecule has 2 atom stereocenters. The Morgan fingerprint density at radius 3 is 2.68 bits per heavy atom. The second-order valence-electron chi connectivity index (χ2n) is 5.92. The van der Waals surface area contributed by atoms with E-state index in [1.807, 2.05) is 6.92 Å². The van der Waals surface area contributed by atoms with E-state index in [4.69, 9.17) is 11.6 Å². The molecule has 0 aliphatic heterocycles. The van der Waals surface area contributed by atoms with Crippen LogP contribution in [0.3, 0.4) is 0 Å². The van der Waals surface area contributed by atoms with E-state index in [-0.39, 0.29) is 16.6 Å². The van der Waals surface area contributed by atoms with Crippen molar-refractivity contribution < 1.29 is 4.39 Å². The number of imidazole rings is 1. The van der Waals surface area contributed by atoms with Crippen molar-refractivity contribution in [1.82, 2.24) is 9.55 Å². The van der Waals surface area contributed by atoms with Gasteiger partial charge in [-0.2, -0.15) is 0 Å². The summed E-state index contributed by atoms with van der Waals surface area (Å²) in [5.41, 5.74) is 1.86. The zero-order chi connectivity index (χ0) is 13.9. The van der Waals surface area contributed by atoms with E-state index in [1.165, 1.54) is 0 Å². The number of hydrogen-bond acceptors (Lipinski definition) is 1. The molecule has 0 spiro atoms. The first-order valence-corrected chi connectivity index (χ1v) is 7.55. The molecular weight excluding hydrogens is 331 g/mol. The summed E-state index contributed by atoms with van der Waals surface area (Å²) in [6, 6.07) is 3.62. The van der Waals surface area contributed by atoms with Crippen LogP contribution in [-0.2, 0) is 0 Å². The Bertz CT molecular complexity index is 663. The summed E-state index contributed by atoms with van der Waals surface area (Å²) >= 11 is 9.44. The predicted molar refractivity (Wildman–Crippen MR) is 79.1 cm³/mol. The normalized spacial score (nSPS) is 22.7. The second-order valence-corrected chi connectivity index (χ2v) is 7.43. The molecule has 2 unspecified atom stereocenters. The minimum absolute atomic E-state index is 0.189. The van der Waals surface area contributed by atoms with Gasteiger partial charge in [0.1, 0.15) is 11.6 Å². The zero-order valence-corrected chi connectivity index (χ0v) is 13.4. The van der Waals surface area contributed by atoms with Crippen LogP contribution in [0.1, 0.15) is 44.4 Å². The van der Waals surface area contributed by atoms with Crippen LogP contribution in [0, 0.1) is 11.2 Å². The molecule has 1 aromatic carbocycles. The van der Waals surface area contributed by atoms with Crippen LogP contribution < -0.4 is 0 Å². The van der Waals surface area contributed by atoms with E-state index >= 15 is 0 Å². The highest BCUT2D eigenvalue weighted by Gasteiger charge is 2.48. The molecular formula is C14H15BrClFN2. The van der Waals surface area contributed by atoms with Crippen LogP contribution >= 0.6 is 27.5 Å². The highest BCUT2D eigenvalue weighted by atomic mass is 79.9. The fourth-order valence-electron chi connectivity index (χ4n) is 2.60. The van der Waals surface area contributed by atoms with Gasteiger partial charge in [-0.25, -0.2) is 9.37 Å². The van der Waals surface area contributed by atoms with Gasteiger partial charge in [-0.1, -0.05) is 13.8 Å². The summed E-state index contributed by atoms with van der Waals surface area (Å²) in [5, 5.41) is -0.189. The Labute approximate surface area is 125 Å². The van der Waals surface area contributed by atoms with Crippen LogP contribution in [0.4, 0.5) is 4.39 Å². The quantitative estimate of drug-likeness (QED) is 0.683. The Balaban J connectivity index is 2.27. The Hall–Kier alpha value is -0.610. The van der Waals surface area contributed by atoms with Crippen molar-refractivity contribution in [1.29, 1.82) is 0 Å². The molecule has 1 aliphatic rings. The average Bonchev–Trinajstić information content (AvgIpc) is 2.77. The predicted octanol–water partition coefficient (Wildman–Crippen LogP) is 5.21. The molecule has 1 heterocycles. The van der Waals surface area contributed by atoms with E-state index in [1.54, 1.807) is 12.1 Å². The summed E-state index contributed by atoms with van der Waals surface area (Å²) in [4.78, 5) is 4.58. The first kappa shape index (κ1) is 13.4. The third-order valence-electron chi connectivity index (χ3n) is 3.89. The van der Waals surface area contributed by atoms with Gasteiger partial charge in [0, 0.05) is 12.1 Å². The number of halogens is 3. The lowest BCUT2D eigenvalue weighted by Crippen LogP contribution is -2.06. The minimum Gasteiger partial charge on any atom is -0.323 e. The van der Waals surface area contributed by atoms with E-state index in [2.05, 4.69) is 39.3 Å². The zero-order valence-electron chi connectivity index (χ0n) is 11.0. The molecule has 3 rings (SSSR count). The monoisotopic (exact) mass is 344 g/mol. The molecule has 0 amide bonds. The van der Waals surface area contributed by atoms with Crippen LogP contribution in [0.15, 0.2) is 16.6 Å². The van der Waals surface area contributed by atoms with E-state index < -0.39 is 0 Å². The summed E-state index contributed by atoms with van der Waals surface area (Å²) in [5.74, 6) is 0.561. The van der Waals surface area contributed by atoms with Gasteiger partial charge in [0.15, 0.2) is 0 Å². The van der Waals surface area contributed by atoms with Crippen molar-refractivity contribution >= 4 is 38.6 Å². The summed E-state index contributed by atoms with van der Waals surface area (Å²) < 4.78 is 16.3. The first-order chi connectivity index (χ1) is 8.81. The molecule has 0 saturated heterocycles. The Morgan fingerprint density at radius 1 is 1.53 bits per heavy atom. The highest BCUT2D eigenvalue weighted by molar-refractivity contribution is 9.10. The first-order valence-electron chi connectivity index (χ1n) is 6.32. The summed E-state index contributed by atoms with van der Waals surface area (Å²) in [6.07, 6.45) is 1.08. The van der Waals surface area contributed by atoms with Crippen LogP contribution in [-0.4, -0.2) is 9.55 Å². The van der Waals surface area contributed by atoms with Gasteiger partial charge >= 0.3 is 0 Å². The number of alkyl halides is 1. The third-order valence-corrected chi connectivity index (χ3v) is 4.69. The molecule has 0 N–H and O–H groups in total. The van der Waals surface area contributed by atoms with Gasteiger partial charge < -0.3 is 4.57 Å². The van der Waals surface area contributed by atoms with E-state index in [0.29, 0.717) is 10.5 Å². The minimum atomic E-state index is -0.263. The number of hydrogen-bond donors (Lipinski definition) is 0. The molecule has 102 valence electrons. The van der Waals surface area contributed by atoms with Gasteiger partial charge in [0.05, 0.1) is 20.9 Å². The molecule has 1 aliphatic carbocycles. The Kier molecular flexibility index (Phi) is 2.95. The van der Waals surface area contributed by atoms with Gasteiger partial charge in [-0.15, -0.1) is 11.6 Å². The lowest BCUT2D eigenvalue weighted by atomic mass is 10.2. The van der Waals surface area contributed by atoms with Crippen molar-refractivity contribution in [2.75, 3.05) is 0 Å². The maximum absolute atomic E-state index is 13.8. The fourth-order valence-corrected chi connectivity index (χ4v) is 3.08. The smallest absolute Gasteiger partial charge is 0.139 e. The van der Waals surface area contributed by atoms with Gasteiger partial charge in [0.2, 0.25) is 0 Å². The van der Waals surface area contributed by atoms with Crippen molar-refractivity contribution in [3.63, 3.8) is 0 Å². The molecule has 19 heavy (non-hydrogen) atoms. The third kappa shape index (κ3) is 2.09. The molecule has 0 radical (unpaired) electrons. The maximum atomic E-state index is 13.8. The topological polar surface area (TPSA) is 17.8 Å². The lowest BCUT2D eigenvalue weighted by molar-refractivity contribution is 0.534. The standard InChI is InChI=1S/C14H15BrClFN2/c1-7(16)13-18-10-4-8(15)9(17)5-11(10)19(13)12-6-14(12,2)3/h4-5,7,12H,6H2,1-3H3. The molecule has 5 heteroatoms. The van der Waals surface area contributed by atoms with Crippen LogP contribution in [0.5, 0.6) is 0 Å². The lowest BCUT2D eigenvalue weighted by Gasteiger charge is -2.12. The maximum Gasteiger partial charge on any atom is 0.139 e. The molecule has 2 aromatic rings. The Morgan fingerprint density at radius 2 is 2.16 bits per heavy atom. The second kappa shape index (κ2) is 4.19. The number of aromatic nitrogens is 2. The summed E-state index contributed by atoms with van der Waals surface area (Å²) in [7, 11) is 0. The molecule has 1 saturated carbocycles. The van der Waals surface area contributed by atoms with Crippen LogP contribution in [0.2, 0.25) is 0 Å². The number of rotatable bonds is 2. The van der Waals surface area contributed by atoms with Crippen molar-refractivity contribution in [2.24, 2.45) is 5.41 Å². The number of benzene rings is 1. The van der Waals surface area contributed by atoms with Gasteiger partial charge in [-0.3, -0.25) is 0 Å². The number of nitrogens with zero attached hydrogens (tertiary/aromatic N) is 2. The van der Waals surface area contributed by atoms with Gasteiger partial charge in [0.25, 0.3) is 0 Å². The van der Waals surface area contributed by atoms with E-state index in [0.717, 1.165) is 23.3 Å². The molecule has 2 nitrogen and oxygen atoms in total.